The number of likely N-dealkylation sites (tertiary alicyclic amines) is 1. The number of hydrogen-bond acceptors (Lipinski definition) is 5. The Kier molecular flexibility index (Phi) is 6.90. The largest absolute Gasteiger partial charge is 0.355 e. The summed E-state index contributed by atoms with van der Waals surface area (Å²) < 4.78 is 0. The van der Waals surface area contributed by atoms with Crippen molar-refractivity contribution in [3.05, 3.63) is 29.1 Å². The Labute approximate surface area is 160 Å². The topological polar surface area (TPSA) is 94.6 Å². The molecule has 8 nitrogen and oxygen atoms in total. The average molecular weight is 375 g/mol. The second kappa shape index (κ2) is 8.94. The van der Waals surface area contributed by atoms with Crippen LogP contribution < -0.4 is 10.6 Å². The van der Waals surface area contributed by atoms with E-state index in [9.17, 15) is 14.4 Å². The molecular weight excluding hydrogens is 346 g/mol. The summed E-state index contributed by atoms with van der Waals surface area (Å²) in [4.78, 5) is 45.2. The van der Waals surface area contributed by atoms with Crippen LogP contribution in [0.3, 0.4) is 0 Å². The Morgan fingerprint density at radius 3 is 2.59 bits per heavy atom. The van der Waals surface area contributed by atoms with Crippen molar-refractivity contribution >= 4 is 17.7 Å². The number of pyridine rings is 1. The van der Waals surface area contributed by atoms with Crippen LogP contribution in [0.25, 0.3) is 0 Å². The zero-order valence-electron chi connectivity index (χ0n) is 16.7. The predicted molar refractivity (Wildman–Crippen MR) is 102 cm³/mol. The molecule has 1 fully saturated rings. The van der Waals surface area contributed by atoms with E-state index in [4.69, 9.17) is 0 Å². The highest BCUT2D eigenvalue weighted by atomic mass is 16.2. The first-order valence-corrected chi connectivity index (χ1v) is 9.19. The van der Waals surface area contributed by atoms with Gasteiger partial charge in [-0.25, -0.2) is 0 Å². The van der Waals surface area contributed by atoms with Gasteiger partial charge in [-0.2, -0.15) is 0 Å². The minimum absolute atomic E-state index is 0.123. The van der Waals surface area contributed by atoms with E-state index in [0.717, 1.165) is 11.3 Å². The zero-order chi connectivity index (χ0) is 20.1. The first-order valence-electron chi connectivity index (χ1n) is 9.19. The maximum Gasteiger partial charge on any atom is 0.256 e. The molecule has 0 spiro atoms. The maximum absolute atomic E-state index is 13.1. The van der Waals surface area contributed by atoms with Crippen LogP contribution in [0.5, 0.6) is 0 Å². The molecule has 1 aromatic heterocycles. The van der Waals surface area contributed by atoms with E-state index in [1.165, 1.54) is 0 Å². The number of hydrogen-bond donors (Lipinski definition) is 2. The summed E-state index contributed by atoms with van der Waals surface area (Å²) in [5, 5.41) is 5.71. The predicted octanol–water partition coefficient (Wildman–Crippen LogP) is 0.0954. The van der Waals surface area contributed by atoms with Crippen molar-refractivity contribution in [2.75, 3.05) is 33.7 Å². The third-order valence-electron chi connectivity index (χ3n) is 4.52. The Bertz CT molecular complexity index is 719. The molecule has 2 heterocycles. The molecule has 0 aromatic carbocycles. The van der Waals surface area contributed by atoms with Crippen LogP contribution >= 0.6 is 0 Å². The molecule has 2 atom stereocenters. The van der Waals surface area contributed by atoms with Gasteiger partial charge < -0.3 is 20.4 Å². The SMILES string of the molecule is CCNC(=O)[C@@H]1C[C@H](NC(=O)CN(C)C)CN1C(=O)c1cnc(C)cc1C. The molecule has 148 valence electrons. The van der Waals surface area contributed by atoms with Crippen LogP contribution in [0, 0.1) is 13.8 Å². The first kappa shape index (κ1) is 20.8. The van der Waals surface area contributed by atoms with E-state index in [1.807, 2.05) is 40.9 Å². The van der Waals surface area contributed by atoms with E-state index in [2.05, 4.69) is 15.6 Å². The number of carbonyl (C=O) groups is 3. The van der Waals surface area contributed by atoms with Gasteiger partial charge in [0.15, 0.2) is 0 Å². The summed E-state index contributed by atoms with van der Waals surface area (Å²) in [6, 6.07) is 0.983. The third-order valence-corrected chi connectivity index (χ3v) is 4.52. The fraction of sp³-hybridized carbons (Fsp3) is 0.579. The molecule has 1 saturated heterocycles. The van der Waals surface area contributed by atoms with Crippen molar-refractivity contribution in [2.24, 2.45) is 0 Å². The molecule has 27 heavy (non-hydrogen) atoms. The second-order valence-corrected chi connectivity index (χ2v) is 7.25. The lowest BCUT2D eigenvalue weighted by atomic mass is 10.1. The molecule has 0 radical (unpaired) electrons. The number of carbonyl (C=O) groups excluding carboxylic acids is 3. The van der Waals surface area contributed by atoms with Crippen LogP contribution in [0.2, 0.25) is 0 Å². The molecule has 2 N–H and O–H groups in total. The highest BCUT2D eigenvalue weighted by molar-refractivity contribution is 5.99. The molecule has 1 aliphatic heterocycles. The number of nitrogens with one attached hydrogen (secondary N) is 2. The van der Waals surface area contributed by atoms with Crippen LogP contribution in [0.15, 0.2) is 12.3 Å². The summed E-state index contributed by atoms with van der Waals surface area (Å²) in [5.41, 5.74) is 2.14. The Morgan fingerprint density at radius 2 is 2.00 bits per heavy atom. The normalized spacial score (nSPS) is 19.3. The lowest BCUT2D eigenvalue weighted by molar-refractivity contribution is -0.125. The van der Waals surface area contributed by atoms with Gasteiger partial charge in [0.2, 0.25) is 11.8 Å². The summed E-state index contributed by atoms with van der Waals surface area (Å²) >= 11 is 0. The van der Waals surface area contributed by atoms with Gasteiger partial charge in [-0.15, -0.1) is 0 Å². The summed E-state index contributed by atoms with van der Waals surface area (Å²) in [5.74, 6) is -0.560. The van der Waals surface area contributed by atoms with E-state index < -0.39 is 6.04 Å². The van der Waals surface area contributed by atoms with Crippen molar-refractivity contribution < 1.29 is 14.4 Å². The van der Waals surface area contributed by atoms with Gasteiger partial charge in [-0.3, -0.25) is 19.4 Å². The Morgan fingerprint density at radius 1 is 1.30 bits per heavy atom. The maximum atomic E-state index is 13.1. The molecule has 3 amide bonds. The van der Waals surface area contributed by atoms with Crippen molar-refractivity contribution in [3.63, 3.8) is 0 Å². The van der Waals surface area contributed by atoms with Crippen LogP contribution in [-0.2, 0) is 9.59 Å². The van der Waals surface area contributed by atoms with Crippen molar-refractivity contribution in [2.45, 2.75) is 39.3 Å². The van der Waals surface area contributed by atoms with Crippen LogP contribution in [0.4, 0.5) is 0 Å². The Balaban J connectivity index is 2.20. The fourth-order valence-electron chi connectivity index (χ4n) is 3.34. The quantitative estimate of drug-likeness (QED) is 0.735. The van der Waals surface area contributed by atoms with Gasteiger partial charge >= 0.3 is 0 Å². The molecular formula is C19H29N5O3. The number of aromatic nitrogens is 1. The molecule has 0 bridgehead atoms. The van der Waals surface area contributed by atoms with Crippen molar-refractivity contribution in [1.29, 1.82) is 0 Å². The highest BCUT2D eigenvalue weighted by Crippen LogP contribution is 2.22. The molecule has 8 heteroatoms. The van der Waals surface area contributed by atoms with E-state index >= 15 is 0 Å². The average Bonchev–Trinajstić information content (AvgIpc) is 2.97. The number of amides is 3. The number of likely N-dealkylation sites (N-methyl/N-ethyl adjacent to an activating group) is 2. The minimum atomic E-state index is -0.609. The first-order chi connectivity index (χ1) is 12.7. The zero-order valence-corrected chi connectivity index (χ0v) is 16.7. The summed E-state index contributed by atoms with van der Waals surface area (Å²) in [6.07, 6.45) is 1.95. The van der Waals surface area contributed by atoms with Crippen molar-refractivity contribution in [3.8, 4) is 0 Å². The van der Waals surface area contributed by atoms with Gasteiger partial charge in [0.1, 0.15) is 6.04 Å². The summed E-state index contributed by atoms with van der Waals surface area (Å²) in [6.45, 7) is 6.61. The highest BCUT2D eigenvalue weighted by Gasteiger charge is 2.40. The molecule has 0 aliphatic carbocycles. The third kappa shape index (κ3) is 5.26. The molecule has 0 saturated carbocycles. The fourth-order valence-corrected chi connectivity index (χ4v) is 3.34. The van der Waals surface area contributed by atoms with Gasteiger partial charge in [0, 0.05) is 31.0 Å². The summed E-state index contributed by atoms with van der Waals surface area (Å²) in [7, 11) is 3.63. The van der Waals surface area contributed by atoms with Gasteiger partial charge in [0.05, 0.1) is 12.1 Å². The molecule has 1 aromatic rings. The second-order valence-electron chi connectivity index (χ2n) is 7.25. The van der Waals surface area contributed by atoms with E-state index in [-0.39, 0.29) is 30.3 Å². The minimum Gasteiger partial charge on any atom is -0.355 e. The van der Waals surface area contributed by atoms with Crippen molar-refractivity contribution in [1.82, 2.24) is 25.4 Å². The molecule has 1 aliphatic rings. The van der Waals surface area contributed by atoms with Gasteiger partial charge in [0.25, 0.3) is 5.91 Å². The smallest absolute Gasteiger partial charge is 0.256 e. The van der Waals surface area contributed by atoms with Crippen LogP contribution in [-0.4, -0.2) is 78.3 Å². The number of aryl methyl sites for hydroxylation is 2. The standard InChI is InChI=1S/C19H29N5O3/c1-6-20-18(26)16-8-14(22-17(25)11-23(4)5)10-24(16)19(27)15-9-21-13(3)7-12(15)2/h7,9,14,16H,6,8,10-11H2,1-5H3,(H,20,26)(H,22,25)/t14-,16-/m0/s1. The molecule has 2 rings (SSSR count). The number of nitrogens with zero attached hydrogens (tertiary/aromatic N) is 3. The van der Waals surface area contributed by atoms with Crippen LogP contribution in [0.1, 0.15) is 35.0 Å². The molecule has 0 unspecified atom stereocenters. The number of rotatable bonds is 6. The van der Waals surface area contributed by atoms with E-state index in [1.54, 1.807) is 16.0 Å². The van der Waals surface area contributed by atoms with E-state index in [0.29, 0.717) is 25.1 Å². The lowest BCUT2D eigenvalue weighted by Crippen LogP contribution is -2.46. The monoisotopic (exact) mass is 375 g/mol. The van der Waals surface area contributed by atoms with Gasteiger partial charge in [-0.1, -0.05) is 0 Å². The lowest BCUT2D eigenvalue weighted by Gasteiger charge is -2.24. The van der Waals surface area contributed by atoms with Gasteiger partial charge in [-0.05, 0) is 52.9 Å². The Hall–Kier alpha value is -2.48.